The molecule has 10 heteroatoms. The van der Waals surface area contributed by atoms with E-state index in [1.54, 1.807) is 12.1 Å². The zero-order chi connectivity index (χ0) is 21.1. The first-order valence-corrected chi connectivity index (χ1v) is 10.4. The number of carbonyl (C=O) groups excluding carboxylic acids is 1. The van der Waals surface area contributed by atoms with Gasteiger partial charge in [0.25, 0.3) is 5.91 Å². The van der Waals surface area contributed by atoms with Crippen LogP contribution < -0.4 is 5.32 Å². The lowest BCUT2D eigenvalue weighted by atomic mass is 10.0. The lowest BCUT2D eigenvalue weighted by Crippen LogP contribution is -2.58. The summed E-state index contributed by atoms with van der Waals surface area (Å²) in [4.78, 5) is 24.0. The highest BCUT2D eigenvalue weighted by Crippen LogP contribution is 2.38. The van der Waals surface area contributed by atoms with Crippen LogP contribution in [0.4, 0.5) is 0 Å². The van der Waals surface area contributed by atoms with E-state index in [1.165, 1.54) is 23.9 Å². The Kier molecular flexibility index (Phi) is 7.14. The summed E-state index contributed by atoms with van der Waals surface area (Å²) in [5.74, 6) is -1.68. The van der Waals surface area contributed by atoms with Crippen LogP contribution in [0.1, 0.15) is 40.0 Å². The second-order valence-corrected chi connectivity index (χ2v) is 8.58. The average Bonchev–Trinajstić information content (AvgIpc) is 3.14. The van der Waals surface area contributed by atoms with Crippen molar-refractivity contribution in [2.24, 2.45) is 0 Å². The van der Waals surface area contributed by atoms with Gasteiger partial charge in [-0.2, -0.15) is 0 Å². The Morgan fingerprint density at radius 3 is 2.41 bits per heavy atom. The predicted octanol–water partition coefficient (Wildman–Crippen LogP) is -0.431. The summed E-state index contributed by atoms with van der Waals surface area (Å²) in [6, 6.07) is 5.69. The molecular weight excluding hydrogens is 402 g/mol. The smallest absolute Gasteiger partial charge is 0.336 e. The minimum Gasteiger partial charge on any atom is -0.478 e. The Labute approximate surface area is 171 Å². The van der Waals surface area contributed by atoms with Crippen molar-refractivity contribution in [3.63, 3.8) is 0 Å². The number of hydrogen-bond donors (Lipinski definition) is 6. The standard InChI is InChI=1S/C19H25NO8S/c21-8-12-14(22)15(23)16(24)19(28-12)29-13-7-3-6-11(13)20-17(25)9-4-1-2-5-10(9)18(26)27/h1-2,4-5,11-16,19,21-24H,3,6-8H2,(H,20,25)(H,26,27)/t11?,12-,13?,14+,15+,16-,19+/m1/s1. The van der Waals surface area contributed by atoms with Crippen molar-refractivity contribution < 1.29 is 39.9 Å². The summed E-state index contributed by atoms with van der Waals surface area (Å²) < 4.78 is 5.54. The fraction of sp³-hybridized carbons (Fsp3) is 0.579. The molecule has 29 heavy (non-hydrogen) atoms. The SMILES string of the molecule is O=C(O)c1ccccc1C(=O)NC1CCCC1S[C@@H]1O[C@H](CO)[C@H](O)[C@H](O)[C@H]1O. The number of amides is 1. The number of thioether (sulfide) groups is 1. The molecule has 6 N–H and O–H groups in total. The highest BCUT2D eigenvalue weighted by Gasteiger charge is 2.45. The molecule has 9 nitrogen and oxygen atoms in total. The summed E-state index contributed by atoms with van der Waals surface area (Å²) >= 11 is 1.23. The Morgan fingerprint density at radius 2 is 1.76 bits per heavy atom. The summed E-state index contributed by atoms with van der Waals surface area (Å²) in [5.41, 5.74) is -0.885. The monoisotopic (exact) mass is 427 g/mol. The summed E-state index contributed by atoms with van der Waals surface area (Å²) in [6.45, 7) is -0.501. The third-order valence-corrected chi connectivity index (χ3v) is 6.90. The molecule has 0 aromatic heterocycles. The van der Waals surface area contributed by atoms with Gasteiger partial charge in [-0.05, 0) is 25.0 Å². The van der Waals surface area contributed by atoms with Gasteiger partial charge in [-0.3, -0.25) is 4.79 Å². The Morgan fingerprint density at radius 1 is 1.07 bits per heavy atom. The molecule has 1 amide bonds. The van der Waals surface area contributed by atoms with Gasteiger partial charge in [-0.1, -0.05) is 18.6 Å². The van der Waals surface area contributed by atoms with Crippen LogP contribution in [0, 0.1) is 0 Å². The van der Waals surface area contributed by atoms with Gasteiger partial charge in [-0.25, -0.2) is 4.79 Å². The maximum Gasteiger partial charge on any atom is 0.336 e. The normalized spacial score (nSPS) is 34.7. The number of carboxylic acids is 1. The van der Waals surface area contributed by atoms with Crippen molar-refractivity contribution in [2.75, 3.05) is 6.61 Å². The van der Waals surface area contributed by atoms with E-state index in [9.17, 15) is 35.1 Å². The third-order valence-electron chi connectivity index (χ3n) is 5.33. The van der Waals surface area contributed by atoms with Crippen LogP contribution in [0.25, 0.3) is 0 Å². The van der Waals surface area contributed by atoms with Gasteiger partial charge >= 0.3 is 5.97 Å². The zero-order valence-corrected chi connectivity index (χ0v) is 16.4. The van der Waals surface area contributed by atoms with Gasteiger partial charge in [-0.15, -0.1) is 11.8 Å². The van der Waals surface area contributed by atoms with Crippen molar-refractivity contribution in [2.45, 2.75) is 60.4 Å². The Hall–Kier alpha value is -1.69. The molecule has 1 aromatic carbocycles. The number of ether oxygens (including phenoxy) is 1. The molecule has 160 valence electrons. The lowest BCUT2D eigenvalue weighted by molar-refractivity contribution is -0.205. The second kappa shape index (κ2) is 9.41. The van der Waals surface area contributed by atoms with Crippen molar-refractivity contribution in [3.8, 4) is 0 Å². The number of nitrogens with one attached hydrogen (secondary N) is 1. The highest BCUT2D eigenvalue weighted by atomic mass is 32.2. The average molecular weight is 427 g/mol. The van der Waals surface area contributed by atoms with E-state index in [0.717, 1.165) is 12.8 Å². The van der Waals surface area contributed by atoms with Crippen molar-refractivity contribution in [1.82, 2.24) is 5.32 Å². The van der Waals surface area contributed by atoms with Crippen LogP contribution in [0.15, 0.2) is 24.3 Å². The maximum atomic E-state index is 12.7. The fourth-order valence-corrected chi connectivity index (χ4v) is 5.29. The Bertz CT molecular complexity index is 745. The first kappa shape index (κ1) is 22.0. The van der Waals surface area contributed by atoms with Crippen LogP contribution in [0.5, 0.6) is 0 Å². The minimum absolute atomic E-state index is 0.0727. The molecule has 0 radical (unpaired) electrons. The van der Waals surface area contributed by atoms with E-state index >= 15 is 0 Å². The van der Waals surface area contributed by atoms with Gasteiger partial charge in [0.2, 0.25) is 0 Å². The molecule has 2 aliphatic rings. The molecule has 1 aliphatic heterocycles. The van der Waals surface area contributed by atoms with E-state index in [-0.39, 0.29) is 22.4 Å². The number of hydrogen-bond acceptors (Lipinski definition) is 8. The molecule has 3 rings (SSSR count). The van der Waals surface area contributed by atoms with Crippen LogP contribution >= 0.6 is 11.8 Å². The largest absolute Gasteiger partial charge is 0.478 e. The molecule has 7 atom stereocenters. The van der Waals surface area contributed by atoms with Gasteiger partial charge in [0.05, 0.1) is 17.7 Å². The Balaban J connectivity index is 1.68. The van der Waals surface area contributed by atoms with Crippen LogP contribution in [0.2, 0.25) is 0 Å². The molecule has 1 aromatic rings. The molecule has 1 saturated heterocycles. The predicted molar refractivity (Wildman–Crippen MR) is 104 cm³/mol. The summed E-state index contributed by atoms with van der Waals surface area (Å²) in [6.07, 6.45) is -2.97. The number of rotatable bonds is 6. The summed E-state index contributed by atoms with van der Waals surface area (Å²) in [7, 11) is 0. The number of carbonyl (C=O) groups is 2. The number of aliphatic hydroxyl groups is 4. The van der Waals surface area contributed by atoms with Gasteiger partial charge < -0.3 is 35.6 Å². The maximum absolute atomic E-state index is 12.7. The topological polar surface area (TPSA) is 157 Å². The molecule has 2 fully saturated rings. The van der Waals surface area contributed by atoms with Crippen molar-refractivity contribution >= 4 is 23.6 Å². The minimum atomic E-state index is -1.45. The number of aromatic carboxylic acids is 1. The molecule has 2 unspecified atom stereocenters. The first-order valence-electron chi connectivity index (χ1n) is 9.42. The molecule has 1 saturated carbocycles. The molecule has 1 heterocycles. The third kappa shape index (κ3) is 4.73. The van der Waals surface area contributed by atoms with Crippen LogP contribution in [-0.2, 0) is 4.74 Å². The number of carboxylic acid groups (broad SMARTS) is 1. The molecular formula is C19H25NO8S. The van der Waals surface area contributed by atoms with E-state index in [2.05, 4.69) is 5.32 Å². The van der Waals surface area contributed by atoms with Crippen LogP contribution in [0.3, 0.4) is 0 Å². The van der Waals surface area contributed by atoms with Gasteiger partial charge in [0.1, 0.15) is 29.9 Å². The first-order chi connectivity index (χ1) is 13.8. The fourth-order valence-electron chi connectivity index (χ4n) is 3.72. The van der Waals surface area contributed by atoms with Gasteiger partial charge in [0.15, 0.2) is 0 Å². The van der Waals surface area contributed by atoms with E-state index in [4.69, 9.17) is 4.74 Å². The highest BCUT2D eigenvalue weighted by molar-refractivity contribution is 8.00. The van der Waals surface area contributed by atoms with Crippen LogP contribution in [-0.4, -0.2) is 85.2 Å². The summed E-state index contributed by atoms with van der Waals surface area (Å²) in [5, 5.41) is 51.4. The molecule has 0 spiro atoms. The number of benzene rings is 1. The lowest BCUT2D eigenvalue weighted by Gasteiger charge is -2.41. The molecule has 1 aliphatic carbocycles. The number of aliphatic hydroxyl groups excluding tert-OH is 4. The van der Waals surface area contributed by atoms with Crippen molar-refractivity contribution in [1.29, 1.82) is 0 Å². The van der Waals surface area contributed by atoms with E-state index < -0.39 is 48.3 Å². The molecule has 0 bridgehead atoms. The van der Waals surface area contributed by atoms with E-state index in [0.29, 0.717) is 6.42 Å². The second-order valence-electron chi connectivity index (χ2n) is 7.23. The van der Waals surface area contributed by atoms with Crippen molar-refractivity contribution in [3.05, 3.63) is 35.4 Å². The quantitative estimate of drug-likeness (QED) is 0.354. The zero-order valence-electron chi connectivity index (χ0n) is 15.5. The van der Waals surface area contributed by atoms with E-state index in [1.807, 2.05) is 0 Å². The van der Waals surface area contributed by atoms with Gasteiger partial charge in [0, 0.05) is 11.3 Å².